The Balaban J connectivity index is 1.33. The van der Waals surface area contributed by atoms with E-state index in [1.54, 1.807) is 7.11 Å². The van der Waals surface area contributed by atoms with E-state index in [1.807, 2.05) is 48.5 Å². The molecule has 0 aliphatic carbocycles. The molecule has 5 heteroatoms. The minimum absolute atomic E-state index is 0.115. The molecular formula is C33H33ClN2O2. The number of benzene rings is 4. The van der Waals surface area contributed by atoms with E-state index in [2.05, 4.69) is 70.5 Å². The number of hydrogen-bond donors (Lipinski definition) is 0. The zero-order valence-electron chi connectivity index (χ0n) is 21.7. The van der Waals surface area contributed by atoms with E-state index >= 15 is 0 Å². The highest BCUT2D eigenvalue weighted by molar-refractivity contribution is 6.30. The number of piperazine rings is 1. The van der Waals surface area contributed by atoms with Crippen molar-refractivity contribution in [3.63, 3.8) is 0 Å². The van der Waals surface area contributed by atoms with E-state index < -0.39 is 0 Å². The number of halogens is 1. The number of nitrogens with zero attached hydrogens (tertiary/aromatic N) is 2. The smallest absolute Gasteiger partial charge is 0.171 e. The first-order valence-corrected chi connectivity index (χ1v) is 13.5. The summed E-state index contributed by atoms with van der Waals surface area (Å²) in [7, 11) is 1.63. The number of ether oxygens (including phenoxy) is 1. The van der Waals surface area contributed by atoms with Crippen molar-refractivity contribution >= 4 is 17.4 Å². The standard InChI is InChI=1S/C33H33ClN2O2/c1-38-30-18-14-28(15-19-30)33(37)31(25-12-16-29(34)17-13-25)24-35-20-22-36(23-21-35)32(26-8-4-2-5-9-26)27-10-6-3-7-11-27/h2-19,31-32H,20-24H2,1H3. The number of ketones is 1. The summed E-state index contributed by atoms with van der Waals surface area (Å²) in [6.07, 6.45) is 0. The number of hydrogen-bond acceptors (Lipinski definition) is 4. The van der Waals surface area contributed by atoms with Crippen LogP contribution in [0.1, 0.15) is 39.0 Å². The van der Waals surface area contributed by atoms with Crippen LogP contribution in [-0.4, -0.2) is 55.4 Å². The molecule has 1 atom stereocenters. The van der Waals surface area contributed by atoms with E-state index in [0.29, 0.717) is 17.1 Å². The first-order chi connectivity index (χ1) is 18.6. The molecule has 0 N–H and O–H groups in total. The Hall–Kier alpha value is -3.44. The summed E-state index contributed by atoms with van der Waals surface area (Å²) < 4.78 is 5.28. The third kappa shape index (κ3) is 6.16. The van der Waals surface area contributed by atoms with Gasteiger partial charge in [0, 0.05) is 43.3 Å². The molecule has 0 saturated carbocycles. The van der Waals surface area contributed by atoms with Crippen LogP contribution < -0.4 is 4.74 Å². The molecule has 0 aromatic heterocycles. The van der Waals surface area contributed by atoms with Gasteiger partial charge in [-0.3, -0.25) is 14.6 Å². The van der Waals surface area contributed by atoms with E-state index in [9.17, 15) is 4.79 Å². The van der Waals surface area contributed by atoms with Crippen molar-refractivity contribution in [3.05, 3.63) is 136 Å². The van der Waals surface area contributed by atoms with Gasteiger partial charge in [-0.2, -0.15) is 0 Å². The van der Waals surface area contributed by atoms with Crippen LogP contribution in [0.2, 0.25) is 5.02 Å². The van der Waals surface area contributed by atoms with Gasteiger partial charge in [0.1, 0.15) is 5.75 Å². The van der Waals surface area contributed by atoms with Crippen LogP contribution in [0.5, 0.6) is 5.75 Å². The van der Waals surface area contributed by atoms with Gasteiger partial charge >= 0.3 is 0 Å². The highest BCUT2D eigenvalue weighted by Crippen LogP contribution is 2.31. The molecule has 4 nitrogen and oxygen atoms in total. The van der Waals surface area contributed by atoms with Crippen molar-refractivity contribution in [2.45, 2.75) is 12.0 Å². The van der Waals surface area contributed by atoms with Crippen LogP contribution in [0.15, 0.2) is 109 Å². The Kier molecular flexibility index (Phi) is 8.54. The van der Waals surface area contributed by atoms with Gasteiger partial charge in [0.2, 0.25) is 0 Å². The molecule has 1 fully saturated rings. The quantitative estimate of drug-likeness (QED) is 0.227. The Morgan fingerprint density at radius 2 is 1.29 bits per heavy atom. The van der Waals surface area contributed by atoms with Gasteiger partial charge in [-0.25, -0.2) is 0 Å². The second kappa shape index (κ2) is 12.4. The average molecular weight is 525 g/mol. The zero-order chi connectivity index (χ0) is 26.3. The minimum atomic E-state index is -0.272. The first-order valence-electron chi connectivity index (χ1n) is 13.1. The molecule has 194 valence electrons. The number of rotatable bonds is 9. The van der Waals surface area contributed by atoms with Crippen molar-refractivity contribution in [1.82, 2.24) is 9.80 Å². The predicted octanol–water partition coefficient (Wildman–Crippen LogP) is 6.72. The van der Waals surface area contributed by atoms with Gasteiger partial charge in [-0.15, -0.1) is 0 Å². The molecule has 38 heavy (non-hydrogen) atoms. The topological polar surface area (TPSA) is 32.8 Å². The fraction of sp³-hybridized carbons (Fsp3) is 0.242. The van der Waals surface area contributed by atoms with Crippen LogP contribution in [0, 0.1) is 0 Å². The largest absolute Gasteiger partial charge is 0.497 e. The molecule has 1 aliphatic heterocycles. The number of Topliss-reactive ketones (excluding diaryl/α,β-unsaturated/α-hetero) is 1. The Morgan fingerprint density at radius 3 is 1.82 bits per heavy atom. The van der Waals surface area contributed by atoms with Gasteiger partial charge in [-0.1, -0.05) is 84.4 Å². The third-order valence-corrected chi connectivity index (χ3v) is 7.66. The van der Waals surface area contributed by atoms with Crippen molar-refractivity contribution in [2.75, 3.05) is 39.8 Å². The van der Waals surface area contributed by atoms with Crippen molar-refractivity contribution in [3.8, 4) is 5.75 Å². The summed E-state index contributed by atoms with van der Waals surface area (Å²) in [5.74, 6) is 0.585. The summed E-state index contributed by atoms with van der Waals surface area (Å²) in [5, 5.41) is 0.672. The maximum atomic E-state index is 13.7. The van der Waals surface area contributed by atoms with Gasteiger partial charge in [0.05, 0.1) is 19.1 Å². The van der Waals surface area contributed by atoms with Gasteiger partial charge in [0.15, 0.2) is 5.78 Å². The monoisotopic (exact) mass is 524 g/mol. The molecule has 0 radical (unpaired) electrons. The van der Waals surface area contributed by atoms with Crippen molar-refractivity contribution in [1.29, 1.82) is 0 Å². The second-order valence-electron chi connectivity index (χ2n) is 9.76. The fourth-order valence-corrected chi connectivity index (χ4v) is 5.46. The molecule has 1 unspecified atom stereocenters. The van der Waals surface area contributed by atoms with Gasteiger partial charge < -0.3 is 4.74 Å². The maximum Gasteiger partial charge on any atom is 0.171 e. The molecule has 4 aromatic carbocycles. The molecule has 4 aromatic rings. The number of carbonyl (C=O) groups excluding carboxylic acids is 1. The van der Waals surface area contributed by atoms with E-state index in [4.69, 9.17) is 16.3 Å². The number of methoxy groups -OCH3 is 1. The van der Waals surface area contributed by atoms with E-state index in [-0.39, 0.29) is 17.7 Å². The van der Waals surface area contributed by atoms with Gasteiger partial charge in [0.25, 0.3) is 0 Å². The summed E-state index contributed by atoms with van der Waals surface area (Å²) in [6, 6.07) is 36.8. The lowest BCUT2D eigenvalue weighted by molar-refractivity contribution is 0.0847. The molecule has 1 saturated heterocycles. The normalized spacial score (nSPS) is 15.3. The highest BCUT2D eigenvalue weighted by Gasteiger charge is 2.30. The van der Waals surface area contributed by atoms with Crippen LogP contribution in [0.4, 0.5) is 0 Å². The van der Waals surface area contributed by atoms with Gasteiger partial charge in [-0.05, 0) is 53.1 Å². The lowest BCUT2D eigenvalue weighted by atomic mass is 9.89. The van der Waals surface area contributed by atoms with Crippen LogP contribution in [0.25, 0.3) is 0 Å². The number of carbonyl (C=O) groups is 1. The summed E-state index contributed by atoms with van der Waals surface area (Å²) >= 11 is 6.17. The predicted molar refractivity (Wildman–Crippen MR) is 154 cm³/mol. The van der Waals surface area contributed by atoms with E-state index in [1.165, 1.54) is 11.1 Å². The first kappa shape index (κ1) is 26.2. The molecule has 1 heterocycles. The molecular weight excluding hydrogens is 492 g/mol. The molecule has 0 bridgehead atoms. The Labute approximate surface area is 230 Å². The van der Waals surface area contributed by atoms with Crippen LogP contribution >= 0.6 is 11.6 Å². The average Bonchev–Trinajstić information content (AvgIpc) is 2.98. The summed E-state index contributed by atoms with van der Waals surface area (Å²) in [5.41, 5.74) is 4.29. The molecule has 1 aliphatic rings. The summed E-state index contributed by atoms with van der Waals surface area (Å²) in [6.45, 7) is 4.32. The maximum absolute atomic E-state index is 13.7. The minimum Gasteiger partial charge on any atom is -0.497 e. The lowest BCUT2D eigenvalue weighted by Gasteiger charge is -2.40. The third-order valence-electron chi connectivity index (χ3n) is 7.41. The zero-order valence-corrected chi connectivity index (χ0v) is 22.4. The Morgan fingerprint density at radius 1 is 0.737 bits per heavy atom. The fourth-order valence-electron chi connectivity index (χ4n) is 5.34. The Bertz CT molecular complexity index is 1260. The second-order valence-corrected chi connectivity index (χ2v) is 10.2. The summed E-state index contributed by atoms with van der Waals surface area (Å²) in [4.78, 5) is 18.7. The van der Waals surface area contributed by atoms with Crippen LogP contribution in [0.3, 0.4) is 0 Å². The van der Waals surface area contributed by atoms with E-state index in [0.717, 1.165) is 37.5 Å². The molecule has 0 spiro atoms. The molecule has 0 amide bonds. The highest BCUT2D eigenvalue weighted by atomic mass is 35.5. The SMILES string of the molecule is COc1ccc(C(=O)C(CN2CCN(C(c3ccccc3)c3ccccc3)CC2)c2ccc(Cl)cc2)cc1. The van der Waals surface area contributed by atoms with Crippen molar-refractivity contribution in [2.24, 2.45) is 0 Å². The van der Waals surface area contributed by atoms with Crippen molar-refractivity contribution < 1.29 is 9.53 Å². The van der Waals surface area contributed by atoms with Crippen LogP contribution in [-0.2, 0) is 0 Å². The lowest BCUT2D eigenvalue weighted by Crippen LogP contribution is -2.49. The molecule has 5 rings (SSSR count).